The van der Waals surface area contributed by atoms with Crippen LogP contribution in [0.15, 0.2) is 30.6 Å². The fraction of sp³-hybridized carbons (Fsp3) is 0.417. The Kier molecular flexibility index (Phi) is 8.06. The molecule has 0 aromatic carbocycles. The first kappa shape index (κ1) is 18.0. The smallest absolute Gasteiger partial charge is 0.299 e. The Bertz CT molecular complexity index is 416. The summed E-state index contributed by atoms with van der Waals surface area (Å²) in [6, 6.07) is 5.59. The fourth-order valence-corrected chi connectivity index (χ4v) is 1.23. The maximum atomic E-state index is 10.7. The van der Waals surface area contributed by atoms with Crippen LogP contribution in [0.3, 0.4) is 0 Å². The molecule has 112 valence electrons. The number of rotatable bonds is 4. The van der Waals surface area contributed by atoms with E-state index in [0.717, 1.165) is 0 Å². The molecule has 8 heteroatoms. The molecule has 0 aliphatic heterocycles. The van der Waals surface area contributed by atoms with Crippen LogP contribution in [0.25, 0.3) is 0 Å². The molecule has 6 N–H and O–H groups in total. The van der Waals surface area contributed by atoms with Gasteiger partial charge in [-0.15, -0.1) is 0 Å². The Morgan fingerprint density at radius 1 is 1.00 bits per heavy atom. The van der Waals surface area contributed by atoms with Gasteiger partial charge >= 0.3 is 0 Å². The van der Waals surface area contributed by atoms with Crippen molar-refractivity contribution in [2.45, 2.75) is 6.54 Å². The Morgan fingerprint density at radius 2 is 1.50 bits per heavy atom. The Balaban J connectivity index is 0.000000370. The van der Waals surface area contributed by atoms with Gasteiger partial charge in [-0.1, -0.05) is 6.07 Å². The molecule has 2 amide bonds. The average Bonchev–Trinajstić information content (AvgIpc) is 2.38. The normalized spacial score (nSPS) is 10.1. The predicted octanol–water partition coefficient (Wildman–Crippen LogP) is -2.35. The van der Waals surface area contributed by atoms with Crippen LogP contribution in [0.5, 0.6) is 0 Å². The van der Waals surface area contributed by atoms with Gasteiger partial charge < -0.3 is 4.48 Å². The zero-order valence-electron chi connectivity index (χ0n) is 12.2. The molecule has 0 atom stereocenters. The van der Waals surface area contributed by atoms with Crippen molar-refractivity contribution in [3.8, 4) is 0 Å². The second-order valence-corrected chi connectivity index (χ2v) is 5.13. The van der Waals surface area contributed by atoms with E-state index in [4.69, 9.17) is 11.7 Å². The van der Waals surface area contributed by atoms with E-state index < -0.39 is 0 Å². The second-order valence-electron chi connectivity index (χ2n) is 5.13. The van der Waals surface area contributed by atoms with Gasteiger partial charge in [0.25, 0.3) is 11.8 Å². The molecule has 0 unspecified atom stereocenters. The molecule has 0 radical (unpaired) electrons. The van der Waals surface area contributed by atoms with E-state index >= 15 is 0 Å². The summed E-state index contributed by atoms with van der Waals surface area (Å²) in [5.74, 6) is 9.43. The number of hydrogen-bond acceptors (Lipinski definition) is 4. The summed E-state index contributed by atoms with van der Waals surface area (Å²) in [6.07, 6.45) is 3.60. The summed E-state index contributed by atoms with van der Waals surface area (Å²) < 4.78 is 2.34. The van der Waals surface area contributed by atoms with Gasteiger partial charge in [0, 0.05) is 12.1 Å². The predicted molar refractivity (Wildman–Crippen MR) is 74.2 cm³/mol. The lowest BCUT2D eigenvalue weighted by atomic mass is 10.4. The highest BCUT2D eigenvalue weighted by molar-refractivity contribution is 5.76. The summed E-state index contributed by atoms with van der Waals surface area (Å²) in [5.41, 5.74) is 4.12. The highest BCUT2D eigenvalue weighted by atomic mass is 16.2. The van der Waals surface area contributed by atoms with Crippen LogP contribution in [0, 0.1) is 0 Å². The zero-order chi connectivity index (χ0) is 15.6. The average molecular weight is 284 g/mol. The van der Waals surface area contributed by atoms with Crippen LogP contribution >= 0.6 is 0 Å². The number of quaternary nitrogens is 1. The van der Waals surface area contributed by atoms with E-state index in [-0.39, 0.29) is 18.4 Å². The molecule has 0 saturated carbocycles. The molecule has 1 aromatic heterocycles. The van der Waals surface area contributed by atoms with E-state index in [0.29, 0.717) is 11.0 Å². The number of amides is 2. The number of nitrogens with zero attached hydrogens (tertiary/aromatic N) is 2. The van der Waals surface area contributed by atoms with Crippen molar-refractivity contribution in [3.63, 3.8) is 0 Å². The zero-order valence-corrected chi connectivity index (χ0v) is 12.2. The summed E-state index contributed by atoms with van der Waals surface area (Å²) in [5, 5.41) is 0. The van der Waals surface area contributed by atoms with Crippen molar-refractivity contribution >= 4 is 11.8 Å². The van der Waals surface area contributed by atoms with Crippen LogP contribution in [0.4, 0.5) is 0 Å². The molecule has 0 aliphatic carbocycles. The van der Waals surface area contributed by atoms with Crippen molar-refractivity contribution < 1.29 is 18.6 Å². The van der Waals surface area contributed by atoms with E-state index in [1.165, 1.54) is 0 Å². The van der Waals surface area contributed by atoms with Crippen molar-refractivity contribution in [2.24, 2.45) is 11.7 Å². The first-order valence-electron chi connectivity index (χ1n) is 6.02. The van der Waals surface area contributed by atoms with Crippen molar-refractivity contribution in [2.75, 3.05) is 27.7 Å². The van der Waals surface area contributed by atoms with Gasteiger partial charge in [0.1, 0.15) is 0 Å². The maximum Gasteiger partial charge on any atom is 0.299 e. The third-order valence-electron chi connectivity index (χ3n) is 2.04. The van der Waals surface area contributed by atoms with Crippen molar-refractivity contribution in [3.05, 3.63) is 30.6 Å². The molecule has 1 heterocycles. The lowest BCUT2D eigenvalue weighted by Gasteiger charge is -2.21. The van der Waals surface area contributed by atoms with E-state index in [2.05, 4.69) is 10.9 Å². The van der Waals surface area contributed by atoms with Gasteiger partial charge in [0.2, 0.25) is 6.54 Å². The highest BCUT2D eigenvalue weighted by Gasteiger charge is 2.11. The minimum atomic E-state index is -0.207. The quantitative estimate of drug-likeness (QED) is 0.163. The van der Waals surface area contributed by atoms with Crippen LogP contribution < -0.4 is 27.1 Å². The molecule has 0 aliphatic rings. The van der Waals surface area contributed by atoms with Gasteiger partial charge in [-0.05, 0) is 0 Å². The van der Waals surface area contributed by atoms with Gasteiger partial charge in [-0.3, -0.25) is 20.4 Å². The second kappa shape index (κ2) is 8.97. The van der Waals surface area contributed by atoms with Crippen molar-refractivity contribution in [1.29, 1.82) is 0 Å². The van der Waals surface area contributed by atoms with Crippen LogP contribution in [-0.4, -0.2) is 44.0 Å². The van der Waals surface area contributed by atoms with Crippen molar-refractivity contribution in [1.82, 2.24) is 10.9 Å². The number of hydrogen-bond donors (Lipinski definition) is 4. The number of nitrogens with two attached hydrogens (primary N) is 2. The molecule has 0 spiro atoms. The molecule has 1 aromatic rings. The molecular weight excluding hydrogens is 260 g/mol. The number of aromatic nitrogens is 1. The Morgan fingerprint density at radius 3 is 1.85 bits per heavy atom. The number of carbonyl (C=O) groups excluding carboxylic acids is 2. The summed E-state index contributed by atoms with van der Waals surface area (Å²) in [7, 11) is 5.78. The van der Waals surface area contributed by atoms with Gasteiger partial charge in [0.15, 0.2) is 18.9 Å². The van der Waals surface area contributed by atoms with Gasteiger partial charge in [-0.25, -0.2) is 11.7 Å². The standard InChI is InChI=1S/C7H9N3O.C5H13N3O/c8-9-7(11)6-10-4-2-1-3-5-10;1-8(2,3)4-5(9)7-6/h1-5H,6,8H2;4,6H2,1-3H3/p+2. The molecule has 0 fully saturated rings. The topological polar surface area (TPSA) is 114 Å². The van der Waals surface area contributed by atoms with E-state index in [1.54, 1.807) is 17.0 Å². The minimum absolute atomic E-state index is 0.137. The van der Waals surface area contributed by atoms with Crippen LogP contribution in [0.2, 0.25) is 0 Å². The van der Waals surface area contributed by atoms with Crippen LogP contribution in [-0.2, 0) is 16.1 Å². The largest absolute Gasteiger partial charge is 0.323 e. The maximum absolute atomic E-state index is 10.7. The SMILES string of the molecule is C[N+](C)(C)CC(=O)NN.NNC(=O)C[n+]1ccccc1. The van der Waals surface area contributed by atoms with E-state index in [9.17, 15) is 9.59 Å². The Labute approximate surface area is 118 Å². The van der Waals surface area contributed by atoms with Gasteiger partial charge in [-0.2, -0.15) is 4.57 Å². The molecule has 1 rings (SSSR count). The number of hydrazine groups is 2. The molecule has 0 saturated heterocycles. The Hall–Kier alpha value is -2.03. The third kappa shape index (κ3) is 9.95. The minimum Gasteiger partial charge on any atom is -0.323 e. The number of carbonyl (C=O) groups is 2. The summed E-state index contributed by atoms with van der Waals surface area (Å²) in [4.78, 5) is 21.3. The molecular formula is C12H24N6O2+2. The summed E-state index contributed by atoms with van der Waals surface area (Å²) >= 11 is 0. The number of pyridine rings is 1. The van der Waals surface area contributed by atoms with Crippen LogP contribution in [0.1, 0.15) is 0 Å². The van der Waals surface area contributed by atoms with Gasteiger partial charge in [0.05, 0.1) is 21.1 Å². The highest BCUT2D eigenvalue weighted by Crippen LogP contribution is 1.86. The molecule has 20 heavy (non-hydrogen) atoms. The first-order chi connectivity index (χ1) is 9.28. The third-order valence-corrected chi connectivity index (χ3v) is 2.04. The summed E-state index contributed by atoms with van der Waals surface area (Å²) in [6.45, 7) is 0.674. The number of nitrogens with one attached hydrogen (secondary N) is 2. The monoisotopic (exact) mass is 284 g/mol. The fourth-order valence-electron chi connectivity index (χ4n) is 1.23. The first-order valence-corrected chi connectivity index (χ1v) is 6.02. The van der Waals surface area contributed by atoms with E-state index in [1.807, 2.05) is 39.3 Å². The lowest BCUT2D eigenvalue weighted by Crippen LogP contribution is -2.46. The molecule has 8 nitrogen and oxygen atoms in total. The lowest BCUT2D eigenvalue weighted by molar-refractivity contribution is -0.862. The number of likely N-dealkylation sites (N-methyl/N-ethyl adjacent to an activating group) is 1. The molecule has 0 bridgehead atoms.